The molecule has 0 aromatic heterocycles. The van der Waals surface area contributed by atoms with Crippen molar-refractivity contribution >= 4 is 40.3 Å². The van der Waals surface area contributed by atoms with Crippen molar-refractivity contribution in [1.29, 1.82) is 0 Å². The van der Waals surface area contributed by atoms with Crippen molar-refractivity contribution in [3.05, 3.63) is 64.8 Å². The number of nitrogens with one attached hydrogen (secondary N) is 1. The average Bonchev–Trinajstić information content (AvgIpc) is 2.98. The molecule has 4 nitrogen and oxygen atoms in total. The lowest BCUT2D eigenvalue weighted by Crippen LogP contribution is -2.21. The molecular formula is C20H20FN3OS. The smallest absolute Gasteiger partial charge is 0.264 e. The molecule has 0 unspecified atom stereocenters. The quantitative estimate of drug-likeness (QED) is 0.786. The highest BCUT2D eigenvalue weighted by Crippen LogP contribution is 2.29. The van der Waals surface area contributed by atoms with Gasteiger partial charge in [-0.3, -0.25) is 4.79 Å². The maximum Gasteiger partial charge on any atom is 0.264 e. The number of carbonyl (C=O) groups is 1. The van der Waals surface area contributed by atoms with Gasteiger partial charge in [-0.25, -0.2) is 9.38 Å². The lowest BCUT2D eigenvalue weighted by atomic mass is 10.2. The Kier molecular flexibility index (Phi) is 5.73. The van der Waals surface area contributed by atoms with E-state index in [9.17, 15) is 9.18 Å². The summed E-state index contributed by atoms with van der Waals surface area (Å²) in [4.78, 5) is 19.2. The number of hydrogen-bond acceptors (Lipinski definition) is 4. The first-order valence-corrected chi connectivity index (χ1v) is 9.31. The first-order chi connectivity index (χ1) is 12.6. The van der Waals surface area contributed by atoms with Gasteiger partial charge in [0.2, 0.25) is 0 Å². The summed E-state index contributed by atoms with van der Waals surface area (Å²) >= 11 is 1.21. The van der Waals surface area contributed by atoms with Crippen LogP contribution in [0.4, 0.5) is 15.8 Å². The number of hydrogen-bond donors (Lipinski definition) is 1. The normalized spacial score (nSPS) is 17.0. The summed E-state index contributed by atoms with van der Waals surface area (Å²) in [5.41, 5.74) is 2.29. The topological polar surface area (TPSA) is 44.7 Å². The summed E-state index contributed by atoms with van der Waals surface area (Å²) in [5.74, 6) is -0.623. The van der Waals surface area contributed by atoms with Crippen LogP contribution in [0.2, 0.25) is 0 Å². The van der Waals surface area contributed by atoms with E-state index in [0.717, 1.165) is 24.5 Å². The van der Waals surface area contributed by atoms with Crippen LogP contribution in [0.15, 0.2) is 58.4 Å². The molecule has 0 aliphatic carbocycles. The lowest BCUT2D eigenvalue weighted by molar-refractivity contribution is -0.115. The molecule has 0 radical (unpaired) electrons. The van der Waals surface area contributed by atoms with Gasteiger partial charge in [0.1, 0.15) is 5.82 Å². The molecule has 1 heterocycles. The van der Waals surface area contributed by atoms with Crippen LogP contribution in [0.1, 0.15) is 19.4 Å². The fourth-order valence-corrected chi connectivity index (χ4v) is 3.49. The minimum absolute atomic E-state index is 0.267. The van der Waals surface area contributed by atoms with Gasteiger partial charge in [0, 0.05) is 24.3 Å². The molecule has 0 bridgehead atoms. The van der Waals surface area contributed by atoms with Gasteiger partial charge in [-0.1, -0.05) is 18.2 Å². The number of anilines is 1. The number of aliphatic imine (C=N–C) groups is 1. The molecule has 1 saturated heterocycles. The molecule has 2 aromatic carbocycles. The molecule has 0 atom stereocenters. The predicted octanol–water partition coefficient (Wildman–Crippen LogP) is 4.56. The van der Waals surface area contributed by atoms with Crippen LogP contribution in [0.25, 0.3) is 6.08 Å². The van der Waals surface area contributed by atoms with E-state index < -0.39 is 0 Å². The third-order valence-electron chi connectivity index (χ3n) is 4.05. The third-order valence-corrected chi connectivity index (χ3v) is 4.96. The molecule has 2 aromatic rings. The zero-order chi connectivity index (χ0) is 18.5. The van der Waals surface area contributed by atoms with Crippen molar-refractivity contribution < 1.29 is 9.18 Å². The Balaban J connectivity index is 1.77. The molecule has 1 fully saturated rings. The van der Waals surface area contributed by atoms with Gasteiger partial charge in [0.15, 0.2) is 5.17 Å². The van der Waals surface area contributed by atoms with E-state index in [-0.39, 0.29) is 11.7 Å². The summed E-state index contributed by atoms with van der Waals surface area (Å²) in [7, 11) is 0. The lowest BCUT2D eigenvalue weighted by Gasteiger charge is -2.20. The molecule has 1 N–H and O–H groups in total. The van der Waals surface area contributed by atoms with Crippen molar-refractivity contribution in [2.24, 2.45) is 4.99 Å². The van der Waals surface area contributed by atoms with Crippen molar-refractivity contribution in [2.45, 2.75) is 13.8 Å². The third kappa shape index (κ3) is 4.14. The first kappa shape index (κ1) is 18.2. The molecule has 1 aliphatic heterocycles. The van der Waals surface area contributed by atoms with E-state index in [0.29, 0.717) is 15.6 Å². The van der Waals surface area contributed by atoms with Crippen molar-refractivity contribution in [3.63, 3.8) is 0 Å². The number of thioether (sulfide) groups is 1. The molecule has 0 saturated carbocycles. The van der Waals surface area contributed by atoms with Crippen LogP contribution in [0.3, 0.4) is 0 Å². The van der Waals surface area contributed by atoms with Crippen LogP contribution in [0.5, 0.6) is 0 Å². The zero-order valence-electron chi connectivity index (χ0n) is 14.7. The van der Waals surface area contributed by atoms with E-state index in [2.05, 4.69) is 29.1 Å². The van der Waals surface area contributed by atoms with E-state index in [1.165, 1.54) is 17.8 Å². The highest BCUT2D eigenvalue weighted by molar-refractivity contribution is 8.18. The first-order valence-electron chi connectivity index (χ1n) is 8.49. The van der Waals surface area contributed by atoms with Crippen LogP contribution >= 0.6 is 11.8 Å². The number of benzene rings is 2. The Morgan fingerprint density at radius 3 is 2.46 bits per heavy atom. The van der Waals surface area contributed by atoms with Gasteiger partial charge in [-0.2, -0.15) is 0 Å². The van der Waals surface area contributed by atoms with Crippen molar-refractivity contribution in [2.75, 3.05) is 18.0 Å². The Bertz CT molecular complexity index is 858. The molecule has 3 rings (SSSR count). The summed E-state index contributed by atoms with van der Waals surface area (Å²) in [6.07, 6.45) is 1.54. The van der Waals surface area contributed by atoms with Gasteiger partial charge in [0.25, 0.3) is 5.91 Å². The van der Waals surface area contributed by atoms with Gasteiger partial charge >= 0.3 is 0 Å². The maximum atomic E-state index is 13.8. The van der Waals surface area contributed by atoms with Gasteiger partial charge in [-0.15, -0.1) is 0 Å². The highest BCUT2D eigenvalue weighted by atomic mass is 32.2. The number of amides is 1. The zero-order valence-corrected chi connectivity index (χ0v) is 15.5. The molecule has 6 heteroatoms. The van der Waals surface area contributed by atoms with Crippen LogP contribution in [0, 0.1) is 5.82 Å². The molecule has 26 heavy (non-hydrogen) atoms. The fraction of sp³-hybridized carbons (Fsp3) is 0.200. The van der Waals surface area contributed by atoms with Crippen LogP contribution in [-0.2, 0) is 4.79 Å². The standard InChI is InChI=1S/C20H20FN3OS/c1-3-24(4-2)16-11-9-15(10-12-16)22-20-23-19(25)18(26-20)13-14-7-5-6-8-17(14)21/h5-13H,3-4H2,1-2H3,(H,22,23,25)/b18-13-. The van der Waals surface area contributed by atoms with Crippen LogP contribution < -0.4 is 10.2 Å². The highest BCUT2D eigenvalue weighted by Gasteiger charge is 2.24. The van der Waals surface area contributed by atoms with Gasteiger partial charge in [0.05, 0.1) is 10.6 Å². The monoisotopic (exact) mass is 369 g/mol. The molecule has 134 valence electrons. The van der Waals surface area contributed by atoms with Gasteiger partial charge < -0.3 is 10.2 Å². The largest absolute Gasteiger partial charge is 0.372 e. The second kappa shape index (κ2) is 8.19. The summed E-state index contributed by atoms with van der Waals surface area (Å²) in [6, 6.07) is 14.2. The summed E-state index contributed by atoms with van der Waals surface area (Å²) < 4.78 is 13.8. The Hall–Kier alpha value is -2.60. The SMILES string of the molecule is CCN(CC)c1ccc(N=C2NC(=O)/C(=C/c3ccccc3F)S2)cc1. The molecule has 0 spiro atoms. The number of rotatable bonds is 5. The van der Waals surface area contributed by atoms with E-state index in [1.807, 2.05) is 24.3 Å². The fourth-order valence-electron chi connectivity index (χ4n) is 2.66. The summed E-state index contributed by atoms with van der Waals surface area (Å²) in [5, 5.41) is 3.22. The predicted molar refractivity (Wildman–Crippen MR) is 107 cm³/mol. The maximum absolute atomic E-state index is 13.8. The second-order valence-electron chi connectivity index (χ2n) is 5.69. The van der Waals surface area contributed by atoms with Crippen LogP contribution in [-0.4, -0.2) is 24.2 Å². The molecule has 1 aliphatic rings. The van der Waals surface area contributed by atoms with E-state index in [1.54, 1.807) is 24.3 Å². The number of nitrogens with zero attached hydrogens (tertiary/aromatic N) is 2. The average molecular weight is 369 g/mol. The minimum atomic E-state index is -0.356. The van der Waals surface area contributed by atoms with E-state index >= 15 is 0 Å². The Labute approximate surface area is 156 Å². The Morgan fingerprint density at radius 2 is 1.81 bits per heavy atom. The summed E-state index contributed by atoms with van der Waals surface area (Å²) in [6.45, 7) is 6.12. The number of carbonyl (C=O) groups excluding carboxylic acids is 1. The second-order valence-corrected chi connectivity index (χ2v) is 6.72. The van der Waals surface area contributed by atoms with Crippen molar-refractivity contribution in [1.82, 2.24) is 5.32 Å². The molecular weight excluding hydrogens is 349 g/mol. The van der Waals surface area contributed by atoms with Gasteiger partial charge in [-0.05, 0) is 62.0 Å². The number of halogens is 1. The molecule has 1 amide bonds. The number of amidine groups is 1. The van der Waals surface area contributed by atoms with E-state index in [4.69, 9.17) is 0 Å². The van der Waals surface area contributed by atoms with Crippen molar-refractivity contribution in [3.8, 4) is 0 Å². The minimum Gasteiger partial charge on any atom is -0.372 e. The Morgan fingerprint density at radius 1 is 1.12 bits per heavy atom.